The molecule has 0 aliphatic heterocycles. The van der Waals surface area contributed by atoms with Crippen molar-refractivity contribution >= 4 is 33.8 Å². The van der Waals surface area contributed by atoms with E-state index in [-0.39, 0.29) is 10.5 Å². The number of hydrogen-bond donors (Lipinski definition) is 1. The van der Waals surface area contributed by atoms with Crippen molar-refractivity contribution in [2.24, 2.45) is 10.7 Å². The fraction of sp³-hybridized carbons (Fsp3) is 0.125. The summed E-state index contributed by atoms with van der Waals surface area (Å²) in [5.41, 5.74) is 6.01. The molecule has 0 heterocycles. The fourth-order valence-corrected chi connectivity index (χ4v) is 4.29. The molecule has 0 saturated carbocycles. The number of aliphatic imine (C=N–C) groups is 1. The topological polar surface area (TPSA) is 89.6 Å². The smallest absolute Gasteiger partial charge is 0.278 e. The van der Waals surface area contributed by atoms with Crippen LogP contribution in [0.2, 0.25) is 0 Å². The van der Waals surface area contributed by atoms with Crippen LogP contribution in [-0.2, 0) is 9.84 Å². The Balaban J connectivity index is 2.58. The third kappa shape index (κ3) is 4.20. The van der Waals surface area contributed by atoms with Crippen LogP contribution < -0.4 is 5.73 Å². The molecule has 2 rings (SSSR count). The number of carbonyl (C=O) groups is 1. The van der Waals surface area contributed by atoms with Gasteiger partial charge in [-0.15, -0.1) is 0 Å². The third-order valence-corrected chi connectivity index (χ3v) is 5.41. The number of nitrogens with zero attached hydrogens (tertiary/aromatic N) is 1. The normalized spacial score (nSPS) is 11.7. The van der Waals surface area contributed by atoms with Gasteiger partial charge in [-0.25, -0.2) is 8.42 Å². The Bertz CT molecular complexity index is 860. The molecule has 0 fully saturated rings. The van der Waals surface area contributed by atoms with Crippen molar-refractivity contribution in [1.82, 2.24) is 0 Å². The molecule has 0 unspecified atom stereocenters. The second kappa shape index (κ2) is 6.97. The molecular formula is C16H16N2O3S2. The second-order valence-corrected chi connectivity index (χ2v) is 7.98. The molecule has 0 aliphatic carbocycles. The van der Waals surface area contributed by atoms with Gasteiger partial charge in [-0.05, 0) is 36.8 Å². The second-order valence-electron chi connectivity index (χ2n) is 4.88. The summed E-state index contributed by atoms with van der Waals surface area (Å²) in [6, 6.07) is 12.5. The van der Waals surface area contributed by atoms with Crippen LogP contribution in [-0.4, -0.2) is 26.9 Å². The summed E-state index contributed by atoms with van der Waals surface area (Å²) in [4.78, 5) is 17.0. The molecule has 120 valence electrons. The van der Waals surface area contributed by atoms with Gasteiger partial charge in [-0.3, -0.25) is 4.79 Å². The largest absolute Gasteiger partial charge is 0.390 e. The van der Waals surface area contributed by atoms with Crippen LogP contribution in [0.15, 0.2) is 62.1 Å². The molecule has 0 radical (unpaired) electrons. The third-order valence-electron chi connectivity index (χ3n) is 3.08. The van der Waals surface area contributed by atoms with E-state index in [4.69, 9.17) is 5.73 Å². The summed E-state index contributed by atoms with van der Waals surface area (Å²) >= 11 is 1.34. The summed E-state index contributed by atoms with van der Waals surface area (Å²) in [6.07, 6.45) is 2.02. The maximum atomic E-state index is 12.1. The SMILES string of the molecule is Cc1cc(Sc2ccccc2)c(S(C)(=O)=O)cc1C(=O)N=CN. The molecule has 0 bridgehead atoms. The van der Waals surface area contributed by atoms with Gasteiger partial charge in [0.2, 0.25) is 0 Å². The predicted octanol–water partition coefficient (Wildman–Crippen LogP) is 2.68. The molecule has 0 atom stereocenters. The van der Waals surface area contributed by atoms with E-state index >= 15 is 0 Å². The number of sulfone groups is 1. The summed E-state index contributed by atoms with van der Waals surface area (Å²) in [5.74, 6) is -0.564. The van der Waals surface area contributed by atoms with Crippen molar-refractivity contribution < 1.29 is 13.2 Å². The van der Waals surface area contributed by atoms with E-state index in [0.717, 1.165) is 17.5 Å². The van der Waals surface area contributed by atoms with Crippen molar-refractivity contribution in [2.45, 2.75) is 21.6 Å². The van der Waals surface area contributed by atoms with Crippen molar-refractivity contribution in [1.29, 1.82) is 0 Å². The minimum atomic E-state index is -3.50. The maximum Gasteiger partial charge on any atom is 0.278 e. The van der Waals surface area contributed by atoms with Crippen LogP contribution in [0.5, 0.6) is 0 Å². The first kappa shape index (κ1) is 17.2. The average Bonchev–Trinajstić information content (AvgIpc) is 2.47. The van der Waals surface area contributed by atoms with Crippen LogP contribution in [0.1, 0.15) is 15.9 Å². The highest BCUT2D eigenvalue weighted by Gasteiger charge is 2.19. The van der Waals surface area contributed by atoms with Gasteiger partial charge in [0.25, 0.3) is 5.91 Å². The van der Waals surface area contributed by atoms with Gasteiger partial charge in [0.05, 0.1) is 11.2 Å². The van der Waals surface area contributed by atoms with Crippen molar-refractivity contribution in [3.8, 4) is 0 Å². The standard InChI is InChI=1S/C16H16N2O3S2/c1-11-8-14(22-12-6-4-3-5-7-12)15(23(2,20)21)9-13(11)16(19)18-10-17/h3-10H,1-2H3,(H2,17,18,19). The molecule has 7 heteroatoms. The van der Waals surface area contributed by atoms with E-state index in [2.05, 4.69) is 4.99 Å². The lowest BCUT2D eigenvalue weighted by molar-refractivity contribution is 0.100. The van der Waals surface area contributed by atoms with E-state index in [1.807, 2.05) is 30.3 Å². The first-order chi connectivity index (χ1) is 10.8. The Morgan fingerprint density at radius 2 is 1.87 bits per heavy atom. The van der Waals surface area contributed by atoms with Gasteiger partial charge < -0.3 is 5.73 Å². The number of hydrogen-bond acceptors (Lipinski definition) is 4. The van der Waals surface area contributed by atoms with Gasteiger partial charge >= 0.3 is 0 Å². The minimum Gasteiger partial charge on any atom is -0.390 e. The maximum absolute atomic E-state index is 12.1. The van der Waals surface area contributed by atoms with Crippen molar-refractivity contribution in [3.63, 3.8) is 0 Å². The quantitative estimate of drug-likeness (QED) is 0.678. The molecule has 2 aromatic rings. The first-order valence-electron chi connectivity index (χ1n) is 6.69. The number of nitrogens with two attached hydrogens (primary N) is 1. The number of amides is 1. The Morgan fingerprint density at radius 3 is 2.43 bits per heavy atom. The summed E-state index contributed by atoms with van der Waals surface area (Å²) in [6.45, 7) is 1.74. The van der Waals surface area contributed by atoms with Crippen LogP contribution in [0.25, 0.3) is 0 Å². The zero-order chi connectivity index (χ0) is 17.0. The Morgan fingerprint density at radius 1 is 1.22 bits per heavy atom. The van der Waals surface area contributed by atoms with Crippen molar-refractivity contribution in [2.75, 3.05) is 6.26 Å². The van der Waals surface area contributed by atoms with Gasteiger partial charge in [-0.1, -0.05) is 30.0 Å². The lowest BCUT2D eigenvalue weighted by atomic mass is 10.1. The van der Waals surface area contributed by atoms with Crippen LogP contribution in [0.3, 0.4) is 0 Å². The van der Waals surface area contributed by atoms with E-state index < -0.39 is 15.7 Å². The zero-order valence-electron chi connectivity index (χ0n) is 12.7. The van der Waals surface area contributed by atoms with E-state index in [1.54, 1.807) is 13.0 Å². The molecule has 5 nitrogen and oxygen atoms in total. The van der Waals surface area contributed by atoms with Gasteiger partial charge in [0.1, 0.15) is 0 Å². The molecule has 2 aromatic carbocycles. The van der Waals surface area contributed by atoms with Crippen molar-refractivity contribution in [3.05, 3.63) is 53.6 Å². The molecular weight excluding hydrogens is 332 g/mol. The number of carbonyl (C=O) groups excluding carboxylic acids is 1. The van der Waals surface area contributed by atoms with Crippen LogP contribution in [0, 0.1) is 6.92 Å². The Hall–Kier alpha value is -2.12. The van der Waals surface area contributed by atoms with E-state index in [1.165, 1.54) is 17.8 Å². The highest BCUT2D eigenvalue weighted by atomic mass is 32.2. The van der Waals surface area contributed by atoms with Gasteiger partial charge in [-0.2, -0.15) is 4.99 Å². The highest BCUT2D eigenvalue weighted by Crippen LogP contribution is 2.34. The summed E-state index contributed by atoms with van der Waals surface area (Å²) in [5, 5.41) is 0. The van der Waals surface area contributed by atoms with E-state index in [0.29, 0.717) is 10.5 Å². The molecule has 0 spiro atoms. The molecule has 0 saturated heterocycles. The number of rotatable bonds is 4. The molecule has 0 aromatic heterocycles. The molecule has 0 aliphatic rings. The lowest BCUT2D eigenvalue weighted by Crippen LogP contribution is -2.06. The van der Waals surface area contributed by atoms with Crippen LogP contribution >= 0.6 is 11.8 Å². The highest BCUT2D eigenvalue weighted by molar-refractivity contribution is 8.00. The zero-order valence-corrected chi connectivity index (χ0v) is 14.3. The summed E-state index contributed by atoms with van der Waals surface area (Å²) < 4.78 is 24.2. The Kier molecular flexibility index (Phi) is 5.23. The van der Waals surface area contributed by atoms with Gasteiger partial charge in [0.15, 0.2) is 9.84 Å². The first-order valence-corrected chi connectivity index (χ1v) is 9.40. The average molecular weight is 348 g/mol. The number of aryl methyl sites for hydroxylation is 1. The monoisotopic (exact) mass is 348 g/mol. The number of benzene rings is 2. The molecule has 23 heavy (non-hydrogen) atoms. The molecule has 1 amide bonds. The Labute approximate surface area is 139 Å². The van der Waals surface area contributed by atoms with Crippen LogP contribution in [0.4, 0.5) is 0 Å². The fourth-order valence-electron chi connectivity index (χ4n) is 2.01. The summed E-state index contributed by atoms with van der Waals surface area (Å²) in [7, 11) is -3.50. The van der Waals surface area contributed by atoms with Gasteiger partial charge in [0, 0.05) is 21.6 Å². The lowest BCUT2D eigenvalue weighted by Gasteiger charge is -2.11. The molecule has 2 N–H and O–H groups in total. The predicted molar refractivity (Wildman–Crippen MR) is 91.9 cm³/mol. The minimum absolute atomic E-state index is 0.104. The van der Waals surface area contributed by atoms with E-state index in [9.17, 15) is 13.2 Å².